The van der Waals surface area contributed by atoms with E-state index in [1.165, 1.54) is 6.92 Å². The molecule has 0 rings (SSSR count). The molecule has 3 amide bonds. The predicted molar refractivity (Wildman–Crippen MR) is 58.6 cm³/mol. The Morgan fingerprint density at radius 3 is 1.88 bits per heavy atom. The van der Waals surface area contributed by atoms with Gasteiger partial charge in [0.2, 0.25) is 17.7 Å². The van der Waals surface area contributed by atoms with Crippen LogP contribution in [0.15, 0.2) is 12.2 Å². The standard InChI is InChI=1S/C10H17N3O3/c1-3-4-5-10(8(12)15,9(13)16)6(2)7(11)14/h3-4,6H,5H2,1-2H3,(H2,11,14)(H2,12,15)(H2,13,16). The van der Waals surface area contributed by atoms with Crippen molar-refractivity contribution in [3.63, 3.8) is 0 Å². The van der Waals surface area contributed by atoms with Gasteiger partial charge in [-0.05, 0) is 13.3 Å². The molecule has 0 radical (unpaired) electrons. The average molecular weight is 227 g/mol. The fraction of sp³-hybridized carbons (Fsp3) is 0.500. The van der Waals surface area contributed by atoms with E-state index in [0.29, 0.717) is 0 Å². The first-order valence-electron chi connectivity index (χ1n) is 4.81. The van der Waals surface area contributed by atoms with Gasteiger partial charge in [-0.2, -0.15) is 0 Å². The summed E-state index contributed by atoms with van der Waals surface area (Å²) >= 11 is 0. The first-order chi connectivity index (χ1) is 7.30. The minimum absolute atomic E-state index is 0.0295. The zero-order chi connectivity index (χ0) is 12.9. The van der Waals surface area contributed by atoms with Gasteiger partial charge in [-0.25, -0.2) is 0 Å². The molecular formula is C10H17N3O3. The lowest BCUT2D eigenvalue weighted by Gasteiger charge is -2.30. The number of nitrogens with two attached hydrogens (primary N) is 3. The van der Waals surface area contributed by atoms with E-state index in [-0.39, 0.29) is 6.42 Å². The molecule has 0 saturated heterocycles. The van der Waals surface area contributed by atoms with Crippen molar-refractivity contribution < 1.29 is 14.4 Å². The summed E-state index contributed by atoms with van der Waals surface area (Å²) in [6, 6.07) is 0. The molecule has 0 fully saturated rings. The molecule has 0 heterocycles. The lowest BCUT2D eigenvalue weighted by molar-refractivity contribution is -0.148. The predicted octanol–water partition coefficient (Wildman–Crippen LogP) is -0.969. The van der Waals surface area contributed by atoms with E-state index >= 15 is 0 Å². The Morgan fingerprint density at radius 2 is 1.62 bits per heavy atom. The van der Waals surface area contributed by atoms with Crippen LogP contribution in [-0.2, 0) is 14.4 Å². The van der Waals surface area contributed by atoms with Crippen molar-refractivity contribution in [1.82, 2.24) is 0 Å². The van der Waals surface area contributed by atoms with Crippen LogP contribution in [0.5, 0.6) is 0 Å². The van der Waals surface area contributed by atoms with Gasteiger partial charge in [-0.15, -0.1) is 0 Å². The number of allylic oxidation sites excluding steroid dienone is 2. The lowest BCUT2D eigenvalue weighted by atomic mass is 9.71. The minimum Gasteiger partial charge on any atom is -0.369 e. The molecule has 0 aliphatic heterocycles. The molecule has 0 saturated carbocycles. The molecule has 6 nitrogen and oxygen atoms in total. The molecule has 1 unspecified atom stereocenters. The van der Waals surface area contributed by atoms with Crippen LogP contribution in [0.1, 0.15) is 20.3 Å². The second-order valence-corrected chi connectivity index (χ2v) is 3.60. The van der Waals surface area contributed by atoms with E-state index in [1.54, 1.807) is 19.1 Å². The molecule has 6 N–H and O–H groups in total. The van der Waals surface area contributed by atoms with Crippen molar-refractivity contribution >= 4 is 17.7 Å². The van der Waals surface area contributed by atoms with Gasteiger partial charge in [-0.3, -0.25) is 14.4 Å². The highest BCUT2D eigenvalue weighted by atomic mass is 16.2. The van der Waals surface area contributed by atoms with Gasteiger partial charge >= 0.3 is 0 Å². The topological polar surface area (TPSA) is 129 Å². The molecule has 0 aromatic carbocycles. The van der Waals surface area contributed by atoms with Crippen LogP contribution in [0.25, 0.3) is 0 Å². The van der Waals surface area contributed by atoms with Crippen molar-refractivity contribution in [2.75, 3.05) is 0 Å². The van der Waals surface area contributed by atoms with Crippen molar-refractivity contribution in [2.45, 2.75) is 20.3 Å². The summed E-state index contributed by atoms with van der Waals surface area (Å²) in [4.78, 5) is 33.9. The largest absolute Gasteiger partial charge is 0.369 e. The van der Waals surface area contributed by atoms with Gasteiger partial charge in [0.05, 0.1) is 5.92 Å². The zero-order valence-electron chi connectivity index (χ0n) is 9.40. The number of hydrogen-bond acceptors (Lipinski definition) is 3. The maximum absolute atomic E-state index is 11.4. The fourth-order valence-corrected chi connectivity index (χ4v) is 1.47. The van der Waals surface area contributed by atoms with Gasteiger partial charge in [0.15, 0.2) is 0 Å². The first kappa shape index (κ1) is 14.2. The Bertz CT molecular complexity index is 322. The Hall–Kier alpha value is -1.85. The second-order valence-electron chi connectivity index (χ2n) is 3.60. The number of hydrogen-bond donors (Lipinski definition) is 3. The van der Waals surface area contributed by atoms with E-state index in [1.807, 2.05) is 0 Å². The van der Waals surface area contributed by atoms with Crippen LogP contribution in [0, 0.1) is 11.3 Å². The van der Waals surface area contributed by atoms with Crippen molar-refractivity contribution in [3.05, 3.63) is 12.2 Å². The van der Waals surface area contributed by atoms with Gasteiger partial charge in [-0.1, -0.05) is 19.1 Å². The summed E-state index contributed by atoms with van der Waals surface area (Å²) in [7, 11) is 0. The van der Waals surface area contributed by atoms with Gasteiger partial charge in [0.25, 0.3) is 0 Å². The van der Waals surface area contributed by atoms with Gasteiger partial charge < -0.3 is 17.2 Å². The zero-order valence-corrected chi connectivity index (χ0v) is 9.40. The molecule has 0 aliphatic rings. The molecule has 0 aliphatic carbocycles. The molecule has 6 heteroatoms. The number of amides is 3. The maximum atomic E-state index is 11.4. The van der Waals surface area contributed by atoms with E-state index in [2.05, 4.69) is 0 Å². The van der Waals surface area contributed by atoms with Crippen molar-refractivity contribution in [2.24, 2.45) is 28.5 Å². The third-order valence-electron chi connectivity index (χ3n) is 2.72. The van der Waals surface area contributed by atoms with Crippen LogP contribution >= 0.6 is 0 Å². The van der Waals surface area contributed by atoms with Gasteiger partial charge in [0.1, 0.15) is 5.41 Å². The maximum Gasteiger partial charge on any atom is 0.234 e. The van der Waals surface area contributed by atoms with Crippen LogP contribution in [0.3, 0.4) is 0 Å². The first-order valence-corrected chi connectivity index (χ1v) is 4.81. The SMILES string of the molecule is CC=CCC(C(N)=O)(C(N)=O)C(C)C(N)=O. The molecule has 0 bridgehead atoms. The Labute approximate surface area is 93.8 Å². The number of rotatable bonds is 6. The number of primary amides is 3. The molecule has 16 heavy (non-hydrogen) atoms. The van der Waals surface area contributed by atoms with Crippen LogP contribution < -0.4 is 17.2 Å². The Morgan fingerprint density at radius 1 is 1.19 bits per heavy atom. The van der Waals surface area contributed by atoms with Gasteiger partial charge in [0, 0.05) is 0 Å². The minimum atomic E-state index is -1.75. The highest BCUT2D eigenvalue weighted by molar-refractivity contribution is 6.07. The van der Waals surface area contributed by atoms with Crippen molar-refractivity contribution in [1.29, 1.82) is 0 Å². The van der Waals surface area contributed by atoms with E-state index < -0.39 is 29.1 Å². The average Bonchev–Trinajstić information content (AvgIpc) is 2.17. The summed E-state index contributed by atoms with van der Waals surface area (Å²) in [6.07, 6.45) is 3.15. The molecule has 0 aromatic heterocycles. The smallest absolute Gasteiger partial charge is 0.234 e. The highest BCUT2D eigenvalue weighted by Crippen LogP contribution is 2.31. The summed E-state index contributed by atoms with van der Waals surface area (Å²) in [6.45, 7) is 3.07. The number of carbonyl (C=O) groups excluding carboxylic acids is 3. The summed E-state index contributed by atoms with van der Waals surface area (Å²) in [5.74, 6) is -3.71. The summed E-state index contributed by atoms with van der Waals surface area (Å²) in [5, 5.41) is 0. The van der Waals surface area contributed by atoms with Crippen LogP contribution in [0.2, 0.25) is 0 Å². The van der Waals surface area contributed by atoms with Crippen LogP contribution in [0.4, 0.5) is 0 Å². The summed E-state index contributed by atoms with van der Waals surface area (Å²) in [5.41, 5.74) is 13.7. The highest BCUT2D eigenvalue weighted by Gasteiger charge is 2.49. The molecule has 1 atom stereocenters. The molecule has 0 aromatic rings. The van der Waals surface area contributed by atoms with Crippen LogP contribution in [-0.4, -0.2) is 17.7 Å². The van der Waals surface area contributed by atoms with Crippen molar-refractivity contribution in [3.8, 4) is 0 Å². The third kappa shape index (κ3) is 2.39. The Kier molecular flexibility index (Phi) is 4.68. The van der Waals surface area contributed by atoms with E-state index in [4.69, 9.17) is 17.2 Å². The quantitative estimate of drug-likeness (QED) is 0.398. The van der Waals surface area contributed by atoms with E-state index in [9.17, 15) is 14.4 Å². The van der Waals surface area contributed by atoms with E-state index in [0.717, 1.165) is 0 Å². The molecule has 0 spiro atoms. The Balaban J connectivity index is 5.51. The number of carbonyl (C=O) groups is 3. The lowest BCUT2D eigenvalue weighted by Crippen LogP contribution is -2.54. The molecule has 90 valence electrons. The normalized spacial score (nSPS) is 13.6. The molecular weight excluding hydrogens is 210 g/mol. The third-order valence-corrected chi connectivity index (χ3v) is 2.72. The fourth-order valence-electron chi connectivity index (χ4n) is 1.47. The summed E-state index contributed by atoms with van der Waals surface area (Å²) < 4.78 is 0. The second kappa shape index (κ2) is 5.29. The monoisotopic (exact) mass is 227 g/mol.